The number of rotatable bonds is 11. The number of allylic oxidation sites excluding steroid dienone is 5. The highest BCUT2D eigenvalue weighted by atomic mass is 32.2. The second-order valence-corrected chi connectivity index (χ2v) is 23.4. The Morgan fingerprint density at radius 2 is 1.69 bits per heavy atom. The fourth-order valence-electron chi connectivity index (χ4n) is 15.9. The zero-order chi connectivity index (χ0) is 42.2. The lowest BCUT2D eigenvalue weighted by Gasteiger charge is -2.72. The average molecular weight is 830 g/mol. The Hall–Kier alpha value is -2.33. The summed E-state index contributed by atoms with van der Waals surface area (Å²) in [5.74, 6) is 2.53. The van der Waals surface area contributed by atoms with Gasteiger partial charge in [-0.1, -0.05) is 76.1 Å². The molecule has 9 heteroatoms. The SMILES string of the molecule is C=C(C)[C@@H]1CC[C@]2(NCCC3(O)CCC(S(=O)[O-])CC3)CC[C@]3(C)[C@H](CC[C@@H]4[C@@]5(C)CC=C(C6=CCC(COc7ccccn7)(C(=O)O)CC6)C(C)(C)[C@@H]5CC[C@]43C)[C@@H]12. The summed E-state index contributed by atoms with van der Waals surface area (Å²) in [4.78, 5) is 17.0. The highest BCUT2D eigenvalue weighted by molar-refractivity contribution is 7.79. The van der Waals surface area contributed by atoms with Gasteiger partial charge in [0.1, 0.15) is 12.0 Å². The van der Waals surface area contributed by atoms with Crippen LogP contribution in [-0.2, 0) is 15.9 Å². The van der Waals surface area contributed by atoms with E-state index in [1.807, 2.05) is 12.1 Å². The minimum atomic E-state index is -2.06. The van der Waals surface area contributed by atoms with Crippen LogP contribution in [0.25, 0.3) is 0 Å². The zero-order valence-electron chi connectivity index (χ0n) is 37.0. The number of carbonyl (C=O) groups is 1. The molecule has 11 atom stereocenters. The molecule has 7 aliphatic carbocycles. The number of aliphatic carboxylic acids is 1. The Balaban J connectivity index is 1.00. The molecule has 3 N–H and O–H groups in total. The molecule has 0 bridgehead atoms. The highest BCUT2D eigenvalue weighted by Gasteiger charge is 2.70. The summed E-state index contributed by atoms with van der Waals surface area (Å²) in [6.07, 6.45) is 22.0. The number of hydrogen-bond donors (Lipinski definition) is 3. The molecule has 1 aromatic heterocycles. The number of fused-ring (bicyclic) bond motifs is 7. The lowest BCUT2D eigenvalue weighted by atomic mass is 9.33. The molecule has 1 aromatic rings. The van der Waals surface area contributed by atoms with Crippen molar-refractivity contribution < 1.29 is 28.5 Å². The molecule has 8 nitrogen and oxygen atoms in total. The molecule has 0 spiro atoms. The van der Waals surface area contributed by atoms with Gasteiger partial charge in [-0.05, 0) is 191 Å². The Labute approximate surface area is 357 Å². The third-order valence-corrected chi connectivity index (χ3v) is 20.4. The van der Waals surface area contributed by atoms with E-state index in [-0.39, 0.29) is 39.1 Å². The van der Waals surface area contributed by atoms with Gasteiger partial charge >= 0.3 is 5.97 Å². The van der Waals surface area contributed by atoms with E-state index in [1.165, 1.54) is 68.1 Å². The van der Waals surface area contributed by atoms with Gasteiger partial charge in [-0.15, -0.1) is 0 Å². The van der Waals surface area contributed by atoms with Crippen molar-refractivity contribution in [2.75, 3.05) is 13.2 Å². The summed E-state index contributed by atoms with van der Waals surface area (Å²) < 4.78 is 29.1. The van der Waals surface area contributed by atoms with Crippen LogP contribution in [0, 0.1) is 56.7 Å². The van der Waals surface area contributed by atoms with E-state index in [9.17, 15) is 23.8 Å². The van der Waals surface area contributed by atoms with Crippen molar-refractivity contribution in [1.82, 2.24) is 10.3 Å². The molecule has 5 fully saturated rings. The van der Waals surface area contributed by atoms with Crippen LogP contribution in [0.5, 0.6) is 5.88 Å². The van der Waals surface area contributed by atoms with Gasteiger partial charge < -0.3 is 24.8 Å². The lowest BCUT2D eigenvalue weighted by Crippen LogP contribution is -2.68. The van der Waals surface area contributed by atoms with Crippen LogP contribution in [-0.4, -0.2) is 59.5 Å². The lowest BCUT2D eigenvalue weighted by molar-refractivity contribution is -0.221. The molecule has 59 heavy (non-hydrogen) atoms. The quantitative estimate of drug-likeness (QED) is 0.148. The standard InChI is InChI=1S/C50H74N2O6S/c1-33(2)36-17-26-50(52-31-29-49(55)24-15-35(16-25-49)59(56)57)28-27-46(6)38(42(36)50)11-12-40-45(5)20-18-37(44(3,4)39(45)19-21-47(40,46)7)34-13-22-48(23-14-34,43(53)54)32-58-41-10-8-9-30-51-41/h8-10,13,18,30,35-36,38-40,42,52,55H,1,11-12,14-17,19-29,31-32H2,2-7H3,(H,53,54)(H,56,57)/p-1/t35?,36-,38+,39-,40+,42+,45-,46+,47+,48?,49?,50-/m0/s1. The largest absolute Gasteiger partial charge is 0.772 e. The molecule has 1 heterocycles. The number of ether oxygens (including phenoxy) is 1. The van der Waals surface area contributed by atoms with Crippen molar-refractivity contribution in [3.05, 3.63) is 59.8 Å². The zero-order valence-corrected chi connectivity index (χ0v) is 37.8. The van der Waals surface area contributed by atoms with Crippen molar-refractivity contribution in [2.45, 2.75) is 167 Å². The number of nitrogens with one attached hydrogen (secondary N) is 1. The molecule has 0 amide bonds. The Bertz CT molecular complexity index is 1870. The average Bonchev–Trinajstić information content (AvgIpc) is 3.58. The molecule has 0 radical (unpaired) electrons. The van der Waals surface area contributed by atoms with Gasteiger partial charge in [0.25, 0.3) is 0 Å². The van der Waals surface area contributed by atoms with Gasteiger partial charge in [0.2, 0.25) is 5.88 Å². The number of nitrogens with zero attached hydrogens (tertiary/aromatic N) is 1. The van der Waals surface area contributed by atoms with Crippen molar-refractivity contribution in [3.8, 4) is 5.88 Å². The predicted molar refractivity (Wildman–Crippen MR) is 233 cm³/mol. The van der Waals surface area contributed by atoms with Crippen LogP contribution >= 0.6 is 0 Å². The monoisotopic (exact) mass is 830 g/mol. The minimum Gasteiger partial charge on any atom is -0.772 e. The fourth-order valence-corrected chi connectivity index (χ4v) is 16.5. The van der Waals surface area contributed by atoms with Crippen molar-refractivity contribution >= 4 is 17.0 Å². The fraction of sp³-hybridized carbons (Fsp3) is 0.760. The van der Waals surface area contributed by atoms with Gasteiger partial charge in [0.05, 0.1) is 5.60 Å². The summed E-state index contributed by atoms with van der Waals surface area (Å²) in [6.45, 7) is 20.8. The van der Waals surface area contributed by atoms with E-state index in [0.29, 0.717) is 80.4 Å². The third-order valence-electron chi connectivity index (χ3n) is 19.4. The van der Waals surface area contributed by atoms with Crippen LogP contribution in [0.4, 0.5) is 0 Å². The van der Waals surface area contributed by atoms with Crippen molar-refractivity contribution in [2.24, 2.45) is 56.7 Å². The first-order valence-electron chi connectivity index (χ1n) is 23.2. The second kappa shape index (κ2) is 15.5. The summed E-state index contributed by atoms with van der Waals surface area (Å²) in [5.41, 5.74) is 3.09. The molecular weight excluding hydrogens is 757 g/mol. The number of pyridine rings is 1. The molecule has 0 saturated heterocycles. The van der Waals surface area contributed by atoms with Gasteiger partial charge in [-0.25, -0.2) is 4.98 Å². The molecule has 0 aromatic carbocycles. The summed E-state index contributed by atoms with van der Waals surface area (Å²) >= 11 is -2.06. The number of aliphatic hydroxyl groups is 1. The molecular formula is C50H73N2O6S-. The Morgan fingerprint density at radius 3 is 2.34 bits per heavy atom. The number of aromatic nitrogens is 1. The minimum absolute atomic E-state index is 0.0108. The molecule has 2 unspecified atom stereocenters. The molecule has 8 rings (SSSR count). The smallest absolute Gasteiger partial charge is 0.313 e. The van der Waals surface area contributed by atoms with E-state index in [4.69, 9.17) is 4.74 Å². The van der Waals surface area contributed by atoms with E-state index >= 15 is 0 Å². The van der Waals surface area contributed by atoms with Crippen LogP contribution < -0.4 is 10.1 Å². The van der Waals surface area contributed by atoms with Crippen LogP contribution in [0.2, 0.25) is 0 Å². The molecule has 0 aliphatic heterocycles. The van der Waals surface area contributed by atoms with E-state index in [2.05, 4.69) is 70.6 Å². The first-order valence-corrected chi connectivity index (χ1v) is 24.4. The summed E-state index contributed by atoms with van der Waals surface area (Å²) in [7, 11) is 0. The summed E-state index contributed by atoms with van der Waals surface area (Å²) in [5, 5.41) is 25.8. The van der Waals surface area contributed by atoms with E-state index in [1.54, 1.807) is 12.3 Å². The van der Waals surface area contributed by atoms with Crippen LogP contribution in [0.1, 0.15) is 151 Å². The van der Waals surface area contributed by atoms with Crippen molar-refractivity contribution in [3.63, 3.8) is 0 Å². The van der Waals surface area contributed by atoms with Gasteiger partial charge in [0.15, 0.2) is 0 Å². The maximum atomic E-state index is 12.7. The molecule has 7 aliphatic rings. The maximum absolute atomic E-state index is 12.7. The first-order chi connectivity index (χ1) is 27.8. The highest BCUT2D eigenvalue weighted by Crippen LogP contribution is 2.76. The topological polar surface area (TPSA) is 132 Å². The Kier molecular flexibility index (Phi) is 11.4. The summed E-state index contributed by atoms with van der Waals surface area (Å²) in [6, 6.07) is 5.48. The third kappa shape index (κ3) is 7.06. The normalized spacial score (nSPS) is 44.4. The number of carboxylic acid groups (broad SMARTS) is 1. The predicted octanol–water partition coefficient (Wildman–Crippen LogP) is 10.1. The first kappa shape index (κ1) is 43.3. The number of carboxylic acids is 1. The Morgan fingerprint density at radius 1 is 0.932 bits per heavy atom. The van der Waals surface area contributed by atoms with Gasteiger partial charge in [0, 0.05) is 23.1 Å². The van der Waals surface area contributed by atoms with E-state index < -0.39 is 28.1 Å². The van der Waals surface area contributed by atoms with E-state index in [0.717, 1.165) is 19.4 Å². The number of hydrogen-bond acceptors (Lipinski definition) is 7. The van der Waals surface area contributed by atoms with Crippen LogP contribution in [0.3, 0.4) is 0 Å². The van der Waals surface area contributed by atoms with Gasteiger partial charge in [-0.2, -0.15) is 0 Å². The molecule has 326 valence electrons. The van der Waals surface area contributed by atoms with Gasteiger partial charge in [-0.3, -0.25) is 9.00 Å². The van der Waals surface area contributed by atoms with Crippen LogP contribution in [0.15, 0.2) is 59.8 Å². The van der Waals surface area contributed by atoms with Crippen molar-refractivity contribution in [1.29, 1.82) is 0 Å². The maximum Gasteiger partial charge on any atom is 0.313 e. The molecule has 5 saturated carbocycles. The second-order valence-electron chi connectivity index (χ2n) is 22.2.